The van der Waals surface area contributed by atoms with Gasteiger partial charge in [-0.3, -0.25) is 19.2 Å². The Bertz CT molecular complexity index is 1540. The molecule has 16 atom stereocenters. The first-order chi connectivity index (χ1) is 29.7. The first-order valence-corrected chi connectivity index (χ1v) is 22.2. The van der Waals surface area contributed by atoms with Crippen molar-refractivity contribution in [2.75, 3.05) is 28.3 Å². The molecule has 0 aromatic rings. The molecule has 0 spiro atoms. The molecule has 0 radical (unpaired) electrons. The van der Waals surface area contributed by atoms with Gasteiger partial charge in [0.05, 0.1) is 30.8 Å². The fourth-order valence-corrected chi connectivity index (χ4v) is 8.64. The number of aliphatic hydroxyl groups excluding tert-OH is 1. The summed E-state index contributed by atoms with van der Waals surface area (Å²) in [6, 6.07) is -0.763. The van der Waals surface area contributed by atoms with Crippen LogP contribution in [0.2, 0.25) is 0 Å². The lowest BCUT2D eigenvalue weighted by atomic mass is 9.82. The van der Waals surface area contributed by atoms with Crippen LogP contribution in [0.3, 0.4) is 0 Å². The van der Waals surface area contributed by atoms with Crippen molar-refractivity contribution in [2.45, 2.75) is 193 Å². The van der Waals surface area contributed by atoms with Crippen LogP contribution in [0.1, 0.15) is 107 Å². The minimum absolute atomic E-state index is 0.0916. The van der Waals surface area contributed by atoms with Gasteiger partial charge in [-0.25, -0.2) is 0 Å². The molecule has 0 aromatic carbocycles. The molecule has 1 N–H and O–H groups in total. The van der Waals surface area contributed by atoms with E-state index in [0.29, 0.717) is 6.42 Å². The van der Waals surface area contributed by atoms with Crippen LogP contribution >= 0.6 is 0 Å². The Labute approximate surface area is 373 Å². The molecule has 3 aliphatic heterocycles. The number of likely N-dealkylation sites (N-methyl/N-ethyl adjacent to an activating group) is 1. The molecule has 0 unspecified atom stereocenters. The van der Waals surface area contributed by atoms with E-state index >= 15 is 0 Å². The highest BCUT2D eigenvalue weighted by atomic mass is 16.7. The monoisotopic (exact) mass is 898 g/mol. The van der Waals surface area contributed by atoms with Crippen molar-refractivity contribution in [1.29, 1.82) is 0 Å². The van der Waals surface area contributed by atoms with E-state index in [1.54, 1.807) is 72.0 Å². The number of ether oxygens (including phenoxy) is 10. The second-order valence-corrected chi connectivity index (χ2v) is 17.9. The lowest BCUT2D eigenvalue weighted by molar-refractivity contribution is -0.345. The molecule has 2 fully saturated rings. The van der Waals surface area contributed by atoms with E-state index in [4.69, 9.17) is 47.4 Å². The molecule has 3 heterocycles. The van der Waals surface area contributed by atoms with Gasteiger partial charge in [-0.1, -0.05) is 45.9 Å². The van der Waals surface area contributed by atoms with Gasteiger partial charge in [0.25, 0.3) is 0 Å². The zero-order chi connectivity index (χ0) is 47.2. The van der Waals surface area contributed by atoms with Crippen molar-refractivity contribution in [1.82, 2.24) is 4.90 Å². The van der Waals surface area contributed by atoms with Gasteiger partial charge in [0.1, 0.15) is 48.5 Å². The molecule has 2 saturated heterocycles. The van der Waals surface area contributed by atoms with Crippen molar-refractivity contribution in [3.8, 4) is 0 Å². The van der Waals surface area contributed by atoms with Gasteiger partial charge in [-0.05, 0) is 72.0 Å². The Morgan fingerprint density at radius 1 is 0.968 bits per heavy atom. The molecule has 0 saturated carbocycles. The summed E-state index contributed by atoms with van der Waals surface area (Å²) in [5.41, 5.74) is -0.973. The van der Waals surface area contributed by atoms with Gasteiger partial charge in [0.15, 0.2) is 18.7 Å². The van der Waals surface area contributed by atoms with Crippen molar-refractivity contribution >= 4 is 30.2 Å². The predicted octanol–water partition coefficient (Wildman–Crippen LogP) is 4.63. The molecular weight excluding hydrogens is 822 g/mol. The number of esters is 4. The Balaban J connectivity index is 2.05. The van der Waals surface area contributed by atoms with Gasteiger partial charge >= 0.3 is 23.9 Å². The van der Waals surface area contributed by atoms with Gasteiger partial charge in [-0.15, -0.1) is 0 Å². The summed E-state index contributed by atoms with van der Waals surface area (Å²) >= 11 is 0. The van der Waals surface area contributed by atoms with Crippen molar-refractivity contribution in [2.24, 2.45) is 17.8 Å². The quantitative estimate of drug-likeness (QED) is 0.135. The molecular formula is C46H75NO16. The van der Waals surface area contributed by atoms with E-state index in [0.717, 1.165) is 6.29 Å². The second kappa shape index (κ2) is 25.4. The van der Waals surface area contributed by atoms with Gasteiger partial charge in [-0.2, -0.15) is 0 Å². The number of allylic oxidation sites excluding steroid dienone is 2. The zero-order valence-electron chi connectivity index (χ0n) is 39.6. The third-order valence-corrected chi connectivity index (χ3v) is 11.9. The van der Waals surface area contributed by atoms with Crippen LogP contribution in [0.4, 0.5) is 0 Å². The maximum Gasteiger partial charge on any atom is 0.309 e. The molecule has 63 heavy (non-hydrogen) atoms. The maximum absolute atomic E-state index is 13.4. The van der Waals surface area contributed by atoms with E-state index < -0.39 is 116 Å². The first-order valence-electron chi connectivity index (χ1n) is 22.2. The van der Waals surface area contributed by atoms with Crippen molar-refractivity contribution < 1.29 is 76.4 Å². The zero-order valence-corrected chi connectivity index (χ0v) is 39.6. The van der Waals surface area contributed by atoms with Crippen LogP contribution in [0.5, 0.6) is 0 Å². The largest absolute Gasteiger partial charge is 0.462 e. The molecule has 3 aliphatic rings. The van der Waals surface area contributed by atoms with Crippen LogP contribution in [0.15, 0.2) is 24.3 Å². The van der Waals surface area contributed by atoms with E-state index in [1.165, 1.54) is 14.0 Å². The summed E-state index contributed by atoms with van der Waals surface area (Å²) < 4.78 is 61.3. The normalized spacial score (nSPS) is 38.3. The summed E-state index contributed by atoms with van der Waals surface area (Å²) in [5, 5.41) is 12.2. The summed E-state index contributed by atoms with van der Waals surface area (Å²) in [5.74, 6) is -3.13. The van der Waals surface area contributed by atoms with Crippen LogP contribution in [-0.2, 0) is 71.3 Å². The van der Waals surface area contributed by atoms with Crippen molar-refractivity contribution in [3.63, 3.8) is 0 Å². The third-order valence-electron chi connectivity index (χ3n) is 11.9. The summed E-state index contributed by atoms with van der Waals surface area (Å²) in [4.78, 5) is 65.7. The van der Waals surface area contributed by atoms with Gasteiger partial charge in [0.2, 0.25) is 0 Å². The smallest absolute Gasteiger partial charge is 0.309 e. The van der Waals surface area contributed by atoms with E-state index in [2.05, 4.69) is 0 Å². The van der Waals surface area contributed by atoms with Crippen LogP contribution in [-0.4, -0.2) is 154 Å². The number of aliphatic hydroxyl groups is 1. The van der Waals surface area contributed by atoms with Crippen molar-refractivity contribution in [3.05, 3.63) is 24.3 Å². The number of hydrogen-bond acceptors (Lipinski definition) is 17. The number of methoxy groups -OCH3 is 2. The van der Waals surface area contributed by atoms with E-state index in [1.807, 2.05) is 33.8 Å². The first kappa shape index (κ1) is 54.0. The molecule has 0 aliphatic carbocycles. The number of rotatable bonds is 15. The third kappa shape index (κ3) is 15.7. The van der Waals surface area contributed by atoms with Gasteiger partial charge < -0.3 is 62.2 Å². The molecule has 17 heteroatoms. The molecule has 17 nitrogen and oxygen atoms in total. The fraction of sp³-hybridized carbons (Fsp3) is 0.804. The number of nitrogens with zero attached hydrogens (tertiary/aromatic N) is 1. The Morgan fingerprint density at radius 3 is 2.25 bits per heavy atom. The average Bonchev–Trinajstić information content (AvgIpc) is 3.18. The topological polar surface area (TPSA) is 201 Å². The number of aldehydes is 1. The Hall–Kier alpha value is -3.29. The Morgan fingerprint density at radius 2 is 1.67 bits per heavy atom. The lowest BCUT2D eigenvalue weighted by Gasteiger charge is -2.51. The average molecular weight is 898 g/mol. The predicted molar refractivity (Wildman–Crippen MR) is 229 cm³/mol. The number of carbonyl (C=O) groups excluding carboxylic acids is 5. The number of carbonyl (C=O) groups is 5. The summed E-state index contributed by atoms with van der Waals surface area (Å²) in [6.07, 6.45) is -2.84. The highest BCUT2D eigenvalue weighted by molar-refractivity contribution is 5.72. The molecule has 360 valence electrons. The Kier molecular flexibility index (Phi) is 21.8. The van der Waals surface area contributed by atoms with E-state index in [9.17, 15) is 29.1 Å². The highest BCUT2D eigenvalue weighted by Crippen LogP contribution is 2.39. The lowest BCUT2D eigenvalue weighted by Crippen LogP contribution is -2.66. The number of cyclic esters (lactones) is 1. The highest BCUT2D eigenvalue weighted by Gasteiger charge is 2.53. The summed E-state index contributed by atoms with van der Waals surface area (Å²) in [7, 11) is 6.46. The minimum Gasteiger partial charge on any atom is -0.462 e. The number of hydrogen-bond donors (Lipinski definition) is 1. The SMILES string of the molecule is CCC(=O)O[C@H]1/C=C/C=C/C[C@@H](C)OC(=O)C[C@@H](OC(C)=O)[C@H](OC)[C@@H](O[C@@H]2O[C@H](C)[C@@H](O[C@H]3C[C@@](C)(OC)[C@@H](OC(=O)CC(C)C)[C@H](C)O3)[C@H](N(C)C)[C@H]2O)[C@@H](CC=O)C[C@H]1C. The molecule has 0 amide bonds. The van der Waals surface area contributed by atoms with Crippen LogP contribution in [0, 0.1) is 17.8 Å². The van der Waals surface area contributed by atoms with Crippen LogP contribution < -0.4 is 0 Å². The van der Waals surface area contributed by atoms with Gasteiger partial charge in [0, 0.05) is 53.2 Å². The van der Waals surface area contributed by atoms with Crippen LogP contribution in [0.25, 0.3) is 0 Å². The molecule has 0 bridgehead atoms. The molecule has 3 rings (SSSR count). The minimum atomic E-state index is -1.39. The second-order valence-electron chi connectivity index (χ2n) is 17.9. The maximum atomic E-state index is 13.4. The molecule has 0 aromatic heterocycles. The fourth-order valence-electron chi connectivity index (χ4n) is 8.64. The summed E-state index contributed by atoms with van der Waals surface area (Å²) in [6.45, 7) is 15.8. The van der Waals surface area contributed by atoms with E-state index in [-0.39, 0.29) is 49.9 Å². The standard InChI is InChI=1S/C46H75NO16/c1-14-35(50)60-33-19-17-15-16-18-28(5)56-37(52)24-34(59-31(8)49)43(54-12)42(32(20-21-48)23-27(33)4)63-45-40(53)39(47(10)11)41(29(6)58-45)62-38-25-46(9,55-13)44(30(7)57-38)61-36(51)22-26(2)3/h15-17,19,21,26-30,32-34,38-45,53H,14,18,20,22-25H2,1-13H3/b16-15+,19-17+/t27-,28-,29-,30+,32+,33+,34-,38+,39-,40-,41-,42+,43+,44+,45+,46-/m1/s1.